The van der Waals surface area contributed by atoms with Crippen LogP contribution in [0.15, 0.2) is 23.6 Å². The van der Waals surface area contributed by atoms with E-state index in [0.29, 0.717) is 0 Å². The highest BCUT2D eigenvalue weighted by Gasteiger charge is 1.94. The predicted molar refractivity (Wildman–Crippen MR) is 47.9 cm³/mol. The second kappa shape index (κ2) is 3.83. The van der Waals surface area contributed by atoms with E-state index >= 15 is 0 Å². The minimum Gasteiger partial charge on any atom is -0.261 e. The van der Waals surface area contributed by atoms with Crippen molar-refractivity contribution in [1.29, 1.82) is 0 Å². The van der Waals surface area contributed by atoms with Crippen LogP contribution in [0, 0.1) is 0 Å². The van der Waals surface area contributed by atoms with E-state index in [1.807, 2.05) is 0 Å². The van der Waals surface area contributed by atoms with Crippen LogP contribution < -0.4 is 0 Å². The van der Waals surface area contributed by atoms with Crippen molar-refractivity contribution in [3.05, 3.63) is 29.3 Å². The van der Waals surface area contributed by atoms with Crippen LogP contribution in [0.25, 0.3) is 4.48 Å². The fourth-order valence-corrected chi connectivity index (χ4v) is 0.918. The smallest absolute Gasteiger partial charge is 0.0960 e. The molecule has 4 heteroatoms. The fraction of sp³-hybridized carbons (Fsp3) is 0. The highest BCUT2D eigenvalue weighted by Crippen LogP contribution is 2.18. The third-order valence-electron chi connectivity index (χ3n) is 0.904. The van der Waals surface area contributed by atoms with Gasteiger partial charge in [-0.2, -0.15) is 0 Å². The summed E-state index contributed by atoms with van der Waals surface area (Å²) in [6.07, 6.45) is 4.97. The van der Waals surface area contributed by atoms with Crippen LogP contribution in [0.3, 0.4) is 0 Å². The largest absolute Gasteiger partial charge is 0.261 e. The molecule has 0 aliphatic carbocycles. The van der Waals surface area contributed by atoms with Gasteiger partial charge in [0.1, 0.15) is 0 Å². The van der Waals surface area contributed by atoms with Crippen molar-refractivity contribution in [1.82, 2.24) is 9.97 Å². The van der Waals surface area contributed by atoms with Crippen LogP contribution in [0.2, 0.25) is 0 Å². The lowest BCUT2D eigenvalue weighted by Crippen LogP contribution is -1.82. The third-order valence-corrected chi connectivity index (χ3v) is 2.61. The summed E-state index contributed by atoms with van der Waals surface area (Å²) < 4.78 is 0.889. The molecular weight excluding hydrogens is 260 g/mol. The van der Waals surface area contributed by atoms with Gasteiger partial charge in [0.25, 0.3) is 0 Å². The number of hydrogen-bond donors (Lipinski definition) is 0. The molecule has 0 aliphatic rings. The number of rotatable bonds is 1. The molecule has 10 heavy (non-hydrogen) atoms. The van der Waals surface area contributed by atoms with Crippen molar-refractivity contribution < 1.29 is 0 Å². The predicted octanol–water partition coefficient (Wildman–Crippen LogP) is 2.56. The van der Waals surface area contributed by atoms with E-state index < -0.39 is 0 Å². The van der Waals surface area contributed by atoms with Crippen molar-refractivity contribution in [2.24, 2.45) is 0 Å². The standard InChI is InChI=1S/C6H4Br2N2/c7-3-5(8)6-4-9-1-2-10-6/h1-4H/b5-3+. The molecule has 1 heterocycles. The van der Waals surface area contributed by atoms with Gasteiger partial charge in [-0.15, -0.1) is 0 Å². The van der Waals surface area contributed by atoms with Gasteiger partial charge in [0, 0.05) is 12.4 Å². The van der Waals surface area contributed by atoms with Gasteiger partial charge in [-0.05, 0) is 20.9 Å². The van der Waals surface area contributed by atoms with Gasteiger partial charge in [0.2, 0.25) is 0 Å². The van der Waals surface area contributed by atoms with Crippen molar-refractivity contribution in [2.75, 3.05) is 0 Å². The van der Waals surface area contributed by atoms with Crippen LogP contribution in [-0.2, 0) is 0 Å². The maximum Gasteiger partial charge on any atom is 0.0960 e. The Morgan fingerprint density at radius 3 is 2.80 bits per heavy atom. The molecule has 0 spiro atoms. The van der Waals surface area contributed by atoms with Crippen LogP contribution in [0.5, 0.6) is 0 Å². The van der Waals surface area contributed by atoms with Gasteiger partial charge in [0.05, 0.1) is 16.4 Å². The zero-order chi connectivity index (χ0) is 7.40. The van der Waals surface area contributed by atoms with Crippen molar-refractivity contribution in [3.8, 4) is 0 Å². The van der Waals surface area contributed by atoms with Crippen molar-refractivity contribution >= 4 is 36.3 Å². The van der Waals surface area contributed by atoms with E-state index in [0.717, 1.165) is 10.2 Å². The molecule has 0 radical (unpaired) electrons. The third kappa shape index (κ3) is 1.88. The van der Waals surface area contributed by atoms with Crippen LogP contribution >= 0.6 is 31.9 Å². The highest BCUT2D eigenvalue weighted by molar-refractivity contribution is 9.16. The van der Waals surface area contributed by atoms with E-state index in [1.165, 1.54) is 0 Å². The van der Waals surface area contributed by atoms with Crippen LogP contribution in [-0.4, -0.2) is 9.97 Å². The summed E-state index contributed by atoms with van der Waals surface area (Å²) in [5, 5.41) is 0. The molecule has 0 bridgehead atoms. The summed E-state index contributed by atoms with van der Waals surface area (Å²) in [5.74, 6) is 0. The molecule has 0 saturated carbocycles. The molecule has 1 aromatic heterocycles. The van der Waals surface area contributed by atoms with Crippen LogP contribution in [0.4, 0.5) is 0 Å². The van der Waals surface area contributed by atoms with Gasteiger partial charge in [-0.3, -0.25) is 9.97 Å². The minimum atomic E-state index is 0.819. The Kier molecular flexibility index (Phi) is 3.02. The second-order valence-electron chi connectivity index (χ2n) is 1.55. The first-order valence-corrected chi connectivity index (χ1v) is 4.27. The average Bonchev–Trinajstić information content (AvgIpc) is 2.05. The van der Waals surface area contributed by atoms with Gasteiger partial charge < -0.3 is 0 Å². The lowest BCUT2D eigenvalue weighted by atomic mass is 10.4. The Bertz CT molecular complexity index is 233. The van der Waals surface area contributed by atoms with Gasteiger partial charge in [0.15, 0.2) is 0 Å². The van der Waals surface area contributed by atoms with E-state index in [2.05, 4.69) is 41.8 Å². The minimum absolute atomic E-state index is 0.819. The Morgan fingerprint density at radius 1 is 1.50 bits per heavy atom. The summed E-state index contributed by atoms with van der Waals surface area (Å²) in [6, 6.07) is 0. The molecule has 0 saturated heterocycles. The highest BCUT2D eigenvalue weighted by atomic mass is 79.9. The van der Waals surface area contributed by atoms with E-state index in [1.54, 1.807) is 23.6 Å². The number of halogens is 2. The summed E-state index contributed by atoms with van der Waals surface area (Å²) in [7, 11) is 0. The first kappa shape index (κ1) is 7.88. The Balaban J connectivity index is 2.96. The normalized spacial score (nSPS) is 11.6. The maximum atomic E-state index is 4.04. The van der Waals surface area contributed by atoms with Gasteiger partial charge in [-0.1, -0.05) is 15.9 Å². The molecule has 1 rings (SSSR count). The molecule has 0 atom stereocenters. The zero-order valence-corrected chi connectivity index (χ0v) is 8.13. The summed E-state index contributed by atoms with van der Waals surface area (Å²) in [4.78, 5) is 9.69. The van der Waals surface area contributed by atoms with Crippen molar-refractivity contribution in [3.63, 3.8) is 0 Å². The van der Waals surface area contributed by atoms with Gasteiger partial charge >= 0.3 is 0 Å². The lowest BCUT2D eigenvalue weighted by Gasteiger charge is -1.92. The number of nitrogens with zero attached hydrogens (tertiary/aromatic N) is 2. The first-order chi connectivity index (χ1) is 4.84. The molecule has 0 N–H and O–H groups in total. The van der Waals surface area contributed by atoms with Crippen molar-refractivity contribution in [2.45, 2.75) is 0 Å². The Morgan fingerprint density at radius 2 is 2.30 bits per heavy atom. The van der Waals surface area contributed by atoms with E-state index in [9.17, 15) is 0 Å². The average molecular weight is 264 g/mol. The monoisotopic (exact) mass is 262 g/mol. The van der Waals surface area contributed by atoms with Gasteiger partial charge in [-0.25, -0.2) is 0 Å². The Labute approximate surface area is 75.6 Å². The molecule has 0 fully saturated rings. The second-order valence-corrected chi connectivity index (χ2v) is 2.86. The topological polar surface area (TPSA) is 25.8 Å². The zero-order valence-electron chi connectivity index (χ0n) is 4.96. The molecule has 52 valence electrons. The molecule has 0 amide bonds. The SMILES string of the molecule is Br/C=C(/Br)c1cnccn1. The maximum absolute atomic E-state index is 4.04. The summed E-state index contributed by atoms with van der Waals surface area (Å²) in [6.45, 7) is 0. The quantitative estimate of drug-likeness (QED) is 0.778. The molecular formula is C6H4Br2N2. The first-order valence-electron chi connectivity index (χ1n) is 2.57. The lowest BCUT2D eigenvalue weighted by molar-refractivity contribution is 1.18. The van der Waals surface area contributed by atoms with E-state index in [4.69, 9.17) is 0 Å². The fourth-order valence-electron chi connectivity index (χ4n) is 0.478. The molecule has 0 unspecified atom stereocenters. The van der Waals surface area contributed by atoms with E-state index in [-0.39, 0.29) is 0 Å². The number of aromatic nitrogens is 2. The van der Waals surface area contributed by atoms with Crippen LogP contribution in [0.1, 0.15) is 5.69 Å². The molecule has 0 aromatic carbocycles. The summed E-state index contributed by atoms with van der Waals surface area (Å²) >= 11 is 6.47. The number of hydrogen-bond acceptors (Lipinski definition) is 2. The molecule has 0 aliphatic heterocycles. The summed E-state index contributed by atoms with van der Waals surface area (Å²) in [5.41, 5.74) is 0.819. The molecule has 2 nitrogen and oxygen atoms in total. The Hall–Kier alpha value is -0.220. The molecule has 1 aromatic rings.